The lowest BCUT2D eigenvalue weighted by molar-refractivity contribution is 0.0474. The van der Waals surface area contributed by atoms with E-state index < -0.39 is 24.4 Å². The van der Waals surface area contributed by atoms with Crippen LogP contribution >= 0.6 is 23.2 Å². The fraction of sp³-hybridized carbons (Fsp3) is 0.120. The Hall–Kier alpha value is -3.48. The maximum absolute atomic E-state index is 12.9. The molecule has 0 atom stereocenters. The van der Waals surface area contributed by atoms with E-state index in [4.69, 9.17) is 27.9 Å². The molecule has 0 spiro atoms. The Morgan fingerprint density at radius 1 is 0.818 bits per heavy atom. The molecule has 0 N–H and O–H groups in total. The van der Waals surface area contributed by atoms with Crippen molar-refractivity contribution in [3.05, 3.63) is 98.0 Å². The Morgan fingerprint density at radius 2 is 1.36 bits per heavy atom. The third-order valence-electron chi connectivity index (χ3n) is 5.32. The molecule has 0 fully saturated rings. The fourth-order valence-electron chi connectivity index (χ4n) is 3.47. The Morgan fingerprint density at radius 3 is 1.94 bits per heavy atom. The quantitative estimate of drug-likeness (QED) is 0.275. The van der Waals surface area contributed by atoms with Crippen molar-refractivity contribution in [2.24, 2.45) is 0 Å². The van der Waals surface area contributed by atoms with Gasteiger partial charge >= 0.3 is 5.97 Å². The summed E-state index contributed by atoms with van der Waals surface area (Å²) < 4.78 is 5.17. The topological polar surface area (TPSA) is 80.8 Å². The SMILES string of the molecule is Cc1ccc(C(=O)COC(=O)c2ccc(C)c(N3C(=O)c4cc(Cl)c(Cl)cc4C3=O)c2)cc1. The summed E-state index contributed by atoms with van der Waals surface area (Å²) in [5, 5.41) is 0.316. The van der Waals surface area contributed by atoms with Crippen molar-refractivity contribution < 1.29 is 23.9 Å². The third kappa shape index (κ3) is 4.27. The molecule has 3 aromatic carbocycles. The molecule has 0 saturated carbocycles. The predicted octanol–water partition coefficient (Wildman–Crippen LogP) is 5.45. The minimum Gasteiger partial charge on any atom is -0.454 e. The number of anilines is 1. The van der Waals surface area contributed by atoms with E-state index in [1.165, 1.54) is 24.3 Å². The van der Waals surface area contributed by atoms with Crippen molar-refractivity contribution in [2.45, 2.75) is 13.8 Å². The van der Waals surface area contributed by atoms with Crippen LogP contribution < -0.4 is 4.90 Å². The summed E-state index contributed by atoms with van der Waals surface area (Å²) in [4.78, 5) is 51.7. The summed E-state index contributed by atoms with van der Waals surface area (Å²) in [7, 11) is 0. The Labute approximate surface area is 199 Å². The number of hydrogen-bond donors (Lipinski definition) is 0. The monoisotopic (exact) mass is 481 g/mol. The molecule has 0 radical (unpaired) electrons. The second kappa shape index (κ2) is 8.81. The van der Waals surface area contributed by atoms with Crippen LogP contribution in [0.5, 0.6) is 0 Å². The smallest absolute Gasteiger partial charge is 0.338 e. The highest BCUT2D eigenvalue weighted by Crippen LogP contribution is 2.35. The van der Waals surface area contributed by atoms with Crippen LogP contribution in [0.1, 0.15) is 52.6 Å². The van der Waals surface area contributed by atoms with Gasteiger partial charge in [-0.15, -0.1) is 0 Å². The zero-order valence-corrected chi connectivity index (χ0v) is 19.2. The van der Waals surface area contributed by atoms with E-state index in [-0.39, 0.29) is 38.2 Å². The number of ketones is 1. The summed E-state index contributed by atoms with van der Waals surface area (Å²) >= 11 is 12.0. The second-order valence-electron chi connectivity index (χ2n) is 7.62. The number of esters is 1. The van der Waals surface area contributed by atoms with Crippen LogP contribution in [0.25, 0.3) is 0 Å². The molecule has 0 bridgehead atoms. The van der Waals surface area contributed by atoms with Crippen LogP contribution in [0.3, 0.4) is 0 Å². The number of ether oxygens (including phenoxy) is 1. The van der Waals surface area contributed by atoms with Crippen LogP contribution in [0.15, 0.2) is 54.6 Å². The maximum Gasteiger partial charge on any atom is 0.338 e. The number of rotatable bonds is 5. The van der Waals surface area contributed by atoms with Gasteiger partial charge in [0.05, 0.1) is 32.4 Å². The molecular formula is C25H17Cl2NO5. The minimum absolute atomic E-state index is 0.0972. The first-order chi connectivity index (χ1) is 15.7. The molecule has 0 saturated heterocycles. The second-order valence-corrected chi connectivity index (χ2v) is 8.44. The minimum atomic E-state index is -0.751. The Kier molecular flexibility index (Phi) is 6.06. The number of imide groups is 1. The van der Waals surface area contributed by atoms with Gasteiger partial charge in [-0.1, -0.05) is 59.1 Å². The molecule has 3 aromatic rings. The lowest BCUT2D eigenvalue weighted by Crippen LogP contribution is -2.30. The van der Waals surface area contributed by atoms with Crippen molar-refractivity contribution >= 4 is 52.5 Å². The summed E-state index contributed by atoms with van der Waals surface area (Å²) in [6.45, 7) is 3.17. The number of aryl methyl sites for hydroxylation is 2. The standard InChI is InChI=1S/C25H17Cl2NO5/c1-13-3-6-15(7-4-13)22(29)12-33-25(32)16-8-5-14(2)21(9-16)28-23(30)17-10-19(26)20(27)11-18(17)24(28)31/h3-11H,12H2,1-2H3. The van der Waals surface area contributed by atoms with Gasteiger partial charge in [0.1, 0.15) is 0 Å². The molecule has 0 aromatic heterocycles. The largest absolute Gasteiger partial charge is 0.454 e. The van der Waals surface area contributed by atoms with Gasteiger partial charge in [0.25, 0.3) is 11.8 Å². The molecule has 166 valence electrons. The van der Waals surface area contributed by atoms with E-state index in [2.05, 4.69) is 0 Å². The van der Waals surface area contributed by atoms with E-state index in [0.29, 0.717) is 11.1 Å². The molecule has 0 unspecified atom stereocenters. The zero-order chi connectivity index (χ0) is 23.9. The summed E-state index contributed by atoms with van der Waals surface area (Å²) in [5.74, 6) is -2.24. The molecular weight excluding hydrogens is 465 g/mol. The average Bonchev–Trinajstić information content (AvgIpc) is 3.02. The first kappa shape index (κ1) is 22.7. The molecule has 2 amide bonds. The van der Waals surface area contributed by atoms with Crippen LogP contribution in [0, 0.1) is 13.8 Å². The van der Waals surface area contributed by atoms with E-state index in [1.807, 2.05) is 6.92 Å². The number of fused-ring (bicyclic) bond motifs is 1. The van der Waals surface area contributed by atoms with E-state index >= 15 is 0 Å². The Bertz CT molecular complexity index is 1290. The van der Waals surface area contributed by atoms with Crippen molar-refractivity contribution in [3.8, 4) is 0 Å². The van der Waals surface area contributed by atoms with Gasteiger partial charge in [-0.25, -0.2) is 9.69 Å². The number of amides is 2. The van der Waals surface area contributed by atoms with Crippen molar-refractivity contribution in [1.82, 2.24) is 0 Å². The number of Topliss-reactive ketones (excluding diaryl/α,β-unsaturated/α-hetero) is 1. The summed E-state index contributed by atoms with van der Waals surface area (Å²) in [6.07, 6.45) is 0. The van der Waals surface area contributed by atoms with Gasteiger partial charge in [-0.3, -0.25) is 14.4 Å². The van der Waals surface area contributed by atoms with Crippen LogP contribution in [0.4, 0.5) is 5.69 Å². The van der Waals surface area contributed by atoms with E-state index in [9.17, 15) is 19.2 Å². The molecule has 1 heterocycles. The normalized spacial score (nSPS) is 12.7. The molecule has 4 rings (SSSR count). The summed E-state index contributed by atoms with van der Waals surface area (Å²) in [6, 6.07) is 14.1. The predicted molar refractivity (Wildman–Crippen MR) is 125 cm³/mol. The molecule has 1 aliphatic rings. The molecule has 8 heteroatoms. The van der Waals surface area contributed by atoms with Crippen LogP contribution in [0.2, 0.25) is 10.0 Å². The van der Waals surface area contributed by atoms with Gasteiger partial charge < -0.3 is 4.74 Å². The highest BCUT2D eigenvalue weighted by molar-refractivity contribution is 6.44. The molecule has 33 heavy (non-hydrogen) atoms. The van der Waals surface area contributed by atoms with Crippen LogP contribution in [-0.4, -0.2) is 30.2 Å². The molecule has 0 aliphatic carbocycles. The summed E-state index contributed by atoms with van der Waals surface area (Å²) in [5.41, 5.74) is 2.62. The molecule has 1 aliphatic heterocycles. The van der Waals surface area contributed by atoms with Gasteiger partial charge in [0.2, 0.25) is 0 Å². The van der Waals surface area contributed by atoms with Gasteiger partial charge in [0, 0.05) is 5.56 Å². The Balaban J connectivity index is 1.56. The number of benzene rings is 3. The van der Waals surface area contributed by atoms with Crippen molar-refractivity contribution in [3.63, 3.8) is 0 Å². The number of hydrogen-bond acceptors (Lipinski definition) is 5. The molecule has 6 nitrogen and oxygen atoms in total. The van der Waals surface area contributed by atoms with Crippen molar-refractivity contribution in [2.75, 3.05) is 11.5 Å². The van der Waals surface area contributed by atoms with Gasteiger partial charge in [0.15, 0.2) is 12.4 Å². The average molecular weight is 482 g/mol. The lowest BCUT2D eigenvalue weighted by atomic mass is 10.1. The first-order valence-electron chi connectivity index (χ1n) is 9.93. The number of carbonyl (C=O) groups excluding carboxylic acids is 4. The third-order valence-corrected chi connectivity index (χ3v) is 6.04. The zero-order valence-electron chi connectivity index (χ0n) is 17.6. The van der Waals surface area contributed by atoms with Crippen LogP contribution in [-0.2, 0) is 4.74 Å². The fourth-order valence-corrected chi connectivity index (χ4v) is 3.79. The number of halogens is 2. The number of nitrogens with zero attached hydrogens (tertiary/aromatic N) is 1. The highest BCUT2D eigenvalue weighted by atomic mass is 35.5. The van der Waals surface area contributed by atoms with E-state index in [1.54, 1.807) is 37.3 Å². The number of carbonyl (C=O) groups is 4. The van der Waals surface area contributed by atoms with Gasteiger partial charge in [-0.05, 0) is 43.7 Å². The van der Waals surface area contributed by atoms with Crippen molar-refractivity contribution in [1.29, 1.82) is 0 Å². The first-order valence-corrected chi connectivity index (χ1v) is 10.7. The van der Waals surface area contributed by atoms with Gasteiger partial charge in [-0.2, -0.15) is 0 Å². The maximum atomic E-state index is 12.9. The highest BCUT2D eigenvalue weighted by Gasteiger charge is 2.38. The van der Waals surface area contributed by atoms with E-state index in [0.717, 1.165) is 10.5 Å². The lowest BCUT2D eigenvalue weighted by Gasteiger charge is -2.17.